The number of nitrogens with one attached hydrogen (secondary N) is 1. The summed E-state index contributed by atoms with van der Waals surface area (Å²) >= 11 is 0. The summed E-state index contributed by atoms with van der Waals surface area (Å²) in [5.41, 5.74) is 1.84. The van der Waals surface area contributed by atoms with E-state index in [0.29, 0.717) is 22.9 Å². The van der Waals surface area contributed by atoms with Crippen LogP contribution in [0.25, 0.3) is 28.4 Å². The SMILES string of the molecule is N#CCC1(n2ccc(-c3nc(-c4cn[nH]c4)cc4nccn34)n2)CN(CC(F)(F)F)C1. The monoisotopic (exact) mass is 427 g/mol. The van der Waals surface area contributed by atoms with Gasteiger partial charge in [0.2, 0.25) is 0 Å². The number of rotatable bonds is 5. The molecule has 5 heterocycles. The van der Waals surface area contributed by atoms with Crippen molar-refractivity contribution in [3.8, 4) is 28.8 Å². The van der Waals surface area contributed by atoms with Gasteiger partial charge in [0.05, 0.1) is 30.9 Å². The number of aromatic nitrogens is 7. The predicted molar refractivity (Wildman–Crippen MR) is 102 cm³/mol. The summed E-state index contributed by atoms with van der Waals surface area (Å²) in [4.78, 5) is 10.3. The van der Waals surface area contributed by atoms with E-state index >= 15 is 0 Å². The normalized spacial score (nSPS) is 16.3. The summed E-state index contributed by atoms with van der Waals surface area (Å²) in [5, 5.41) is 20.6. The molecule has 158 valence electrons. The largest absolute Gasteiger partial charge is 0.401 e. The van der Waals surface area contributed by atoms with Crippen molar-refractivity contribution in [1.82, 2.24) is 39.2 Å². The number of likely N-dealkylation sites (tertiary alicyclic amines) is 1. The Morgan fingerprint density at radius 3 is 2.77 bits per heavy atom. The molecule has 1 saturated heterocycles. The summed E-state index contributed by atoms with van der Waals surface area (Å²) in [7, 11) is 0. The lowest BCUT2D eigenvalue weighted by Gasteiger charge is -2.49. The number of nitriles is 1. The highest BCUT2D eigenvalue weighted by Gasteiger charge is 2.48. The molecule has 0 saturated carbocycles. The van der Waals surface area contributed by atoms with Gasteiger partial charge in [-0.3, -0.25) is 19.1 Å². The number of nitrogens with zero attached hydrogens (tertiary/aromatic N) is 8. The van der Waals surface area contributed by atoms with E-state index in [1.54, 1.807) is 46.1 Å². The zero-order valence-electron chi connectivity index (χ0n) is 16.1. The van der Waals surface area contributed by atoms with E-state index in [-0.39, 0.29) is 19.5 Å². The van der Waals surface area contributed by atoms with Crippen LogP contribution in [0.2, 0.25) is 0 Å². The van der Waals surface area contributed by atoms with E-state index in [2.05, 4.69) is 26.3 Å². The molecule has 4 aromatic heterocycles. The van der Waals surface area contributed by atoms with Gasteiger partial charge < -0.3 is 0 Å². The molecule has 1 aliphatic rings. The number of alkyl halides is 3. The minimum absolute atomic E-state index is 0.0610. The fourth-order valence-corrected chi connectivity index (χ4v) is 3.99. The van der Waals surface area contributed by atoms with Crippen LogP contribution in [0.3, 0.4) is 0 Å². The van der Waals surface area contributed by atoms with Gasteiger partial charge in [0.1, 0.15) is 16.9 Å². The van der Waals surface area contributed by atoms with Gasteiger partial charge >= 0.3 is 6.18 Å². The number of hydrogen-bond acceptors (Lipinski definition) is 6. The third-order valence-corrected chi connectivity index (χ3v) is 5.33. The second kappa shape index (κ2) is 6.92. The molecule has 31 heavy (non-hydrogen) atoms. The second-order valence-corrected chi connectivity index (χ2v) is 7.57. The number of imidazole rings is 1. The first-order chi connectivity index (χ1) is 14.9. The molecule has 0 aromatic carbocycles. The van der Waals surface area contributed by atoms with E-state index in [1.165, 1.54) is 4.90 Å². The first kappa shape index (κ1) is 19.3. The standard InChI is InChI=1S/C19H16F3N9/c20-19(21,22)12-29-10-18(11-29,2-3-23)31-5-1-14(28-31)17-27-15(13-8-25-26-9-13)7-16-24-4-6-30(16)17/h1,4-9H,2,10-12H2,(H,25,26). The van der Waals surface area contributed by atoms with Gasteiger partial charge in [-0.1, -0.05) is 0 Å². The molecular weight excluding hydrogens is 411 g/mol. The van der Waals surface area contributed by atoms with Gasteiger partial charge in [0.25, 0.3) is 0 Å². The molecule has 0 bridgehead atoms. The Bertz CT molecular complexity index is 1260. The first-order valence-electron chi connectivity index (χ1n) is 9.43. The van der Waals surface area contributed by atoms with Crippen LogP contribution < -0.4 is 0 Å². The van der Waals surface area contributed by atoms with E-state index < -0.39 is 18.3 Å². The minimum atomic E-state index is -4.28. The van der Waals surface area contributed by atoms with Crippen molar-refractivity contribution in [3.05, 3.63) is 43.1 Å². The molecule has 4 aromatic rings. The summed E-state index contributed by atoms with van der Waals surface area (Å²) in [6.45, 7) is -0.799. The lowest BCUT2D eigenvalue weighted by molar-refractivity contribution is -0.167. The van der Waals surface area contributed by atoms with Crippen molar-refractivity contribution in [2.45, 2.75) is 18.1 Å². The van der Waals surface area contributed by atoms with Crippen molar-refractivity contribution in [3.63, 3.8) is 0 Å². The molecule has 0 spiro atoms. The predicted octanol–water partition coefficient (Wildman–Crippen LogP) is 2.47. The van der Waals surface area contributed by atoms with Crippen molar-refractivity contribution < 1.29 is 13.2 Å². The average molecular weight is 427 g/mol. The fourth-order valence-electron chi connectivity index (χ4n) is 3.99. The third kappa shape index (κ3) is 3.42. The zero-order valence-corrected chi connectivity index (χ0v) is 16.1. The molecule has 1 fully saturated rings. The van der Waals surface area contributed by atoms with Gasteiger partial charge in [0.15, 0.2) is 5.82 Å². The van der Waals surface area contributed by atoms with Crippen molar-refractivity contribution in [2.24, 2.45) is 0 Å². The molecule has 5 rings (SSSR count). The lowest BCUT2D eigenvalue weighted by atomic mass is 9.87. The van der Waals surface area contributed by atoms with E-state index in [4.69, 9.17) is 4.98 Å². The molecule has 9 nitrogen and oxygen atoms in total. The van der Waals surface area contributed by atoms with E-state index in [9.17, 15) is 18.4 Å². The Labute approximate surface area is 173 Å². The van der Waals surface area contributed by atoms with Gasteiger partial charge in [-0.25, -0.2) is 9.97 Å². The topological polar surface area (TPSA) is 104 Å². The molecule has 0 amide bonds. The highest BCUT2D eigenvalue weighted by molar-refractivity contribution is 5.67. The maximum absolute atomic E-state index is 12.7. The molecule has 12 heteroatoms. The van der Waals surface area contributed by atoms with E-state index in [1.807, 2.05) is 6.07 Å². The van der Waals surface area contributed by atoms with Gasteiger partial charge in [-0.2, -0.15) is 28.6 Å². The number of aromatic amines is 1. The molecule has 1 aliphatic heterocycles. The maximum Gasteiger partial charge on any atom is 0.401 e. The van der Waals surface area contributed by atoms with Crippen LogP contribution in [0.5, 0.6) is 0 Å². The molecular formula is C19H16F3N9. The van der Waals surface area contributed by atoms with Crippen molar-refractivity contribution in [1.29, 1.82) is 5.26 Å². The van der Waals surface area contributed by atoms with Crippen LogP contribution in [0, 0.1) is 11.3 Å². The van der Waals surface area contributed by atoms with Gasteiger partial charge in [0, 0.05) is 49.5 Å². The highest BCUT2D eigenvalue weighted by Crippen LogP contribution is 2.35. The zero-order chi connectivity index (χ0) is 21.6. The van der Waals surface area contributed by atoms with Crippen molar-refractivity contribution >= 4 is 5.65 Å². The van der Waals surface area contributed by atoms with Gasteiger partial charge in [-0.15, -0.1) is 0 Å². The van der Waals surface area contributed by atoms with Gasteiger partial charge in [-0.05, 0) is 6.07 Å². The Kier molecular flexibility index (Phi) is 4.30. The summed E-state index contributed by atoms with van der Waals surface area (Å²) in [5.74, 6) is 0.531. The number of H-pyrrole nitrogens is 1. The maximum atomic E-state index is 12.7. The summed E-state index contributed by atoms with van der Waals surface area (Å²) in [6.07, 6.45) is 4.24. The molecule has 0 unspecified atom stereocenters. The van der Waals surface area contributed by atoms with Crippen LogP contribution in [-0.4, -0.2) is 65.1 Å². The van der Waals surface area contributed by atoms with Crippen LogP contribution >= 0.6 is 0 Å². The molecule has 1 N–H and O–H groups in total. The summed E-state index contributed by atoms with van der Waals surface area (Å²) in [6, 6.07) is 5.65. The third-order valence-electron chi connectivity index (χ3n) is 5.33. The van der Waals surface area contributed by atoms with Crippen LogP contribution in [0.15, 0.2) is 43.1 Å². The Morgan fingerprint density at radius 2 is 2.06 bits per heavy atom. The molecule has 0 radical (unpaired) electrons. The Balaban J connectivity index is 1.50. The number of halogens is 3. The molecule has 0 atom stereocenters. The summed E-state index contributed by atoms with van der Waals surface area (Å²) < 4.78 is 41.5. The molecule has 0 aliphatic carbocycles. The van der Waals surface area contributed by atoms with Crippen LogP contribution in [0.4, 0.5) is 13.2 Å². The van der Waals surface area contributed by atoms with Crippen molar-refractivity contribution in [2.75, 3.05) is 19.6 Å². The smallest absolute Gasteiger partial charge is 0.290 e. The van der Waals surface area contributed by atoms with E-state index in [0.717, 1.165) is 5.56 Å². The average Bonchev–Trinajstić information content (AvgIpc) is 3.45. The lowest BCUT2D eigenvalue weighted by Crippen LogP contribution is -2.64. The first-order valence-corrected chi connectivity index (χ1v) is 9.43. The van der Waals surface area contributed by atoms with Crippen LogP contribution in [0.1, 0.15) is 6.42 Å². The fraction of sp³-hybridized carbons (Fsp3) is 0.316. The highest BCUT2D eigenvalue weighted by atomic mass is 19.4. The number of fused-ring (bicyclic) bond motifs is 1. The Hall–Kier alpha value is -3.72. The Morgan fingerprint density at radius 1 is 1.23 bits per heavy atom. The number of hydrogen-bond donors (Lipinski definition) is 1. The van der Waals surface area contributed by atoms with Crippen LogP contribution in [-0.2, 0) is 5.54 Å². The second-order valence-electron chi connectivity index (χ2n) is 7.57. The quantitative estimate of drug-likeness (QED) is 0.525. The minimum Gasteiger partial charge on any atom is -0.290 e.